The predicted octanol–water partition coefficient (Wildman–Crippen LogP) is 3.56. The van der Waals surface area contributed by atoms with E-state index in [9.17, 15) is 18.0 Å². The summed E-state index contributed by atoms with van der Waals surface area (Å²) in [5.41, 5.74) is 2.14. The summed E-state index contributed by atoms with van der Waals surface area (Å²) in [4.78, 5) is 24.0. The molecule has 3 rings (SSSR count). The fraction of sp³-hybridized carbons (Fsp3) is 0.167. The molecule has 0 bridgehead atoms. The van der Waals surface area contributed by atoms with Crippen molar-refractivity contribution in [3.8, 4) is 5.75 Å². The number of likely N-dealkylation sites (N-methyl/N-ethyl adjacent to an activating group) is 1. The first-order valence-electron chi connectivity index (χ1n) is 10.3. The molecule has 0 saturated carbocycles. The second-order valence-electron chi connectivity index (χ2n) is 7.17. The Hall–Kier alpha value is -3.85. The highest BCUT2D eigenvalue weighted by molar-refractivity contribution is 7.92. The van der Waals surface area contributed by atoms with E-state index in [1.165, 1.54) is 24.3 Å². The first-order valence-corrected chi connectivity index (χ1v) is 11.8. The van der Waals surface area contributed by atoms with Crippen molar-refractivity contribution in [1.29, 1.82) is 0 Å². The van der Waals surface area contributed by atoms with Crippen LogP contribution in [-0.2, 0) is 14.8 Å². The monoisotopic (exact) mass is 467 g/mol. The summed E-state index contributed by atoms with van der Waals surface area (Å²) in [7, 11) is -3.78. The van der Waals surface area contributed by atoms with Gasteiger partial charge in [-0.2, -0.15) is 0 Å². The Balaban J connectivity index is 1.61. The quantitative estimate of drug-likeness (QED) is 0.445. The van der Waals surface area contributed by atoms with Gasteiger partial charge in [0, 0.05) is 17.8 Å². The number of aryl methyl sites for hydroxylation is 1. The molecule has 0 spiro atoms. The number of para-hydroxylation sites is 1. The number of rotatable bonds is 9. The number of anilines is 2. The largest absolute Gasteiger partial charge is 0.484 e. The standard InChI is InChI=1S/C24H25N3O5S/c1-3-25-23(28)16-32-20-12-10-19(11-13-20)26-24(29)18-8-14-21(15-9-18)33(30,31)27-22-7-5-4-6-17(22)2/h4-15,27H,3,16H2,1-2H3,(H,25,28)(H,26,29). The molecule has 8 nitrogen and oxygen atoms in total. The third kappa shape index (κ3) is 6.56. The van der Waals surface area contributed by atoms with Crippen LogP contribution in [0.2, 0.25) is 0 Å². The Morgan fingerprint density at radius 2 is 1.58 bits per heavy atom. The highest BCUT2D eigenvalue weighted by Gasteiger charge is 2.16. The molecule has 0 aliphatic heterocycles. The van der Waals surface area contributed by atoms with E-state index in [0.717, 1.165) is 5.56 Å². The number of ether oxygens (including phenoxy) is 1. The summed E-state index contributed by atoms with van der Waals surface area (Å²) >= 11 is 0. The van der Waals surface area contributed by atoms with E-state index < -0.39 is 10.0 Å². The van der Waals surface area contributed by atoms with E-state index in [1.807, 2.05) is 26.0 Å². The van der Waals surface area contributed by atoms with Gasteiger partial charge in [-0.15, -0.1) is 0 Å². The Morgan fingerprint density at radius 1 is 0.909 bits per heavy atom. The van der Waals surface area contributed by atoms with Gasteiger partial charge < -0.3 is 15.4 Å². The number of hydrogen-bond donors (Lipinski definition) is 3. The molecule has 172 valence electrons. The molecule has 0 heterocycles. The molecule has 0 radical (unpaired) electrons. The van der Waals surface area contributed by atoms with E-state index in [2.05, 4.69) is 15.4 Å². The van der Waals surface area contributed by atoms with Gasteiger partial charge in [0.15, 0.2) is 6.61 Å². The highest BCUT2D eigenvalue weighted by Crippen LogP contribution is 2.20. The van der Waals surface area contributed by atoms with Crippen molar-refractivity contribution in [2.24, 2.45) is 0 Å². The smallest absolute Gasteiger partial charge is 0.261 e. The lowest BCUT2D eigenvalue weighted by Crippen LogP contribution is -2.28. The number of hydrogen-bond acceptors (Lipinski definition) is 5. The molecule has 9 heteroatoms. The van der Waals surface area contributed by atoms with Crippen LogP contribution in [0.4, 0.5) is 11.4 Å². The van der Waals surface area contributed by atoms with E-state index in [0.29, 0.717) is 29.2 Å². The topological polar surface area (TPSA) is 114 Å². The summed E-state index contributed by atoms with van der Waals surface area (Å²) in [5.74, 6) is -0.105. The maximum absolute atomic E-state index is 12.6. The van der Waals surface area contributed by atoms with Gasteiger partial charge in [0.25, 0.3) is 21.8 Å². The van der Waals surface area contributed by atoms with Crippen molar-refractivity contribution in [2.75, 3.05) is 23.2 Å². The molecule has 0 aromatic heterocycles. The minimum Gasteiger partial charge on any atom is -0.484 e. The molecular weight excluding hydrogens is 442 g/mol. The number of sulfonamides is 1. The fourth-order valence-electron chi connectivity index (χ4n) is 2.91. The SMILES string of the molecule is CCNC(=O)COc1ccc(NC(=O)c2ccc(S(=O)(=O)Nc3ccccc3C)cc2)cc1. The molecule has 3 N–H and O–H groups in total. The molecule has 0 aliphatic carbocycles. The summed E-state index contributed by atoms with van der Waals surface area (Å²) in [6.45, 7) is 4.08. The van der Waals surface area contributed by atoms with Crippen molar-refractivity contribution in [3.05, 3.63) is 83.9 Å². The molecule has 0 unspecified atom stereocenters. The van der Waals surface area contributed by atoms with Gasteiger partial charge >= 0.3 is 0 Å². The van der Waals surface area contributed by atoms with Crippen LogP contribution in [0.25, 0.3) is 0 Å². The van der Waals surface area contributed by atoms with E-state index in [-0.39, 0.29) is 23.3 Å². The molecular formula is C24H25N3O5S. The second-order valence-corrected chi connectivity index (χ2v) is 8.85. The van der Waals surface area contributed by atoms with Crippen molar-refractivity contribution in [2.45, 2.75) is 18.7 Å². The maximum atomic E-state index is 12.6. The summed E-state index contributed by atoms with van der Waals surface area (Å²) in [6.07, 6.45) is 0. The Kier molecular flexibility index (Phi) is 7.68. The zero-order chi connectivity index (χ0) is 23.8. The number of amides is 2. The van der Waals surface area contributed by atoms with E-state index in [4.69, 9.17) is 4.74 Å². The van der Waals surface area contributed by atoms with Crippen LogP contribution in [0.5, 0.6) is 5.75 Å². The van der Waals surface area contributed by atoms with Crippen molar-refractivity contribution in [3.63, 3.8) is 0 Å². The van der Waals surface area contributed by atoms with Crippen LogP contribution < -0.4 is 20.1 Å². The van der Waals surface area contributed by atoms with Crippen LogP contribution in [0.3, 0.4) is 0 Å². The number of benzene rings is 3. The van der Waals surface area contributed by atoms with E-state index >= 15 is 0 Å². The number of carbonyl (C=O) groups is 2. The lowest BCUT2D eigenvalue weighted by Gasteiger charge is -2.11. The van der Waals surface area contributed by atoms with Gasteiger partial charge in [-0.25, -0.2) is 8.42 Å². The number of nitrogens with one attached hydrogen (secondary N) is 3. The minimum absolute atomic E-state index is 0.0518. The zero-order valence-corrected chi connectivity index (χ0v) is 19.1. The Morgan fingerprint density at radius 3 is 2.21 bits per heavy atom. The Labute approximate surface area is 193 Å². The highest BCUT2D eigenvalue weighted by atomic mass is 32.2. The second kappa shape index (κ2) is 10.6. The van der Waals surface area contributed by atoms with Crippen LogP contribution in [0, 0.1) is 6.92 Å². The molecule has 0 saturated heterocycles. The van der Waals surface area contributed by atoms with Gasteiger partial charge in [-0.3, -0.25) is 14.3 Å². The zero-order valence-electron chi connectivity index (χ0n) is 18.3. The van der Waals surface area contributed by atoms with Gasteiger partial charge in [-0.1, -0.05) is 18.2 Å². The lowest BCUT2D eigenvalue weighted by molar-refractivity contribution is -0.122. The third-order valence-electron chi connectivity index (χ3n) is 4.67. The summed E-state index contributed by atoms with van der Waals surface area (Å²) < 4.78 is 33.2. The van der Waals surface area contributed by atoms with Crippen molar-refractivity contribution in [1.82, 2.24) is 5.32 Å². The molecule has 0 fully saturated rings. The number of carbonyl (C=O) groups excluding carboxylic acids is 2. The van der Waals surface area contributed by atoms with Gasteiger partial charge in [-0.05, 0) is 74.0 Å². The van der Waals surface area contributed by atoms with Crippen molar-refractivity contribution >= 4 is 33.2 Å². The normalized spacial score (nSPS) is 10.8. The summed E-state index contributed by atoms with van der Waals surface area (Å²) in [5, 5.41) is 5.37. The predicted molar refractivity (Wildman–Crippen MR) is 127 cm³/mol. The molecule has 3 aromatic rings. The fourth-order valence-corrected chi connectivity index (χ4v) is 4.04. The first kappa shape index (κ1) is 23.8. The van der Waals surface area contributed by atoms with Crippen LogP contribution >= 0.6 is 0 Å². The van der Waals surface area contributed by atoms with Crippen LogP contribution in [0.1, 0.15) is 22.8 Å². The third-order valence-corrected chi connectivity index (χ3v) is 6.05. The Bertz CT molecular complexity index is 1220. The molecule has 3 aromatic carbocycles. The lowest BCUT2D eigenvalue weighted by atomic mass is 10.2. The minimum atomic E-state index is -3.78. The van der Waals surface area contributed by atoms with Gasteiger partial charge in [0.2, 0.25) is 0 Å². The maximum Gasteiger partial charge on any atom is 0.261 e. The molecule has 0 atom stereocenters. The average Bonchev–Trinajstić information content (AvgIpc) is 2.80. The first-order chi connectivity index (χ1) is 15.8. The van der Waals surface area contributed by atoms with Gasteiger partial charge in [0.05, 0.1) is 10.6 Å². The molecule has 2 amide bonds. The summed E-state index contributed by atoms with van der Waals surface area (Å²) in [6, 6.07) is 19.3. The molecule has 0 aliphatic rings. The van der Waals surface area contributed by atoms with Gasteiger partial charge in [0.1, 0.15) is 5.75 Å². The van der Waals surface area contributed by atoms with Crippen LogP contribution in [0.15, 0.2) is 77.7 Å². The van der Waals surface area contributed by atoms with Crippen molar-refractivity contribution < 1.29 is 22.7 Å². The molecule has 33 heavy (non-hydrogen) atoms. The average molecular weight is 468 g/mol. The van der Waals surface area contributed by atoms with Crippen LogP contribution in [-0.4, -0.2) is 33.4 Å². The van der Waals surface area contributed by atoms with E-state index in [1.54, 1.807) is 36.4 Å².